The predicted molar refractivity (Wildman–Crippen MR) is 116 cm³/mol. The molecule has 31 heavy (non-hydrogen) atoms. The minimum absolute atomic E-state index is 0.00851. The molecule has 0 saturated carbocycles. The number of carbonyl (C=O) groups is 2. The molecule has 164 valence electrons. The molecule has 1 unspecified atom stereocenters. The van der Waals surface area contributed by atoms with Crippen molar-refractivity contribution in [3.8, 4) is 11.5 Å². The van der Waals surface area contributed by atoms with Gasteiger partial charge in [0.2, 0.25) is 0 Å². The first-order chi connectivity index (χ1) is 14.8. The van der Waals surface area contributed by atoms with Gasteiger partial charge in [-0.15, -0.1) is 0 Å². The summed E-state index contributed by atoms with van der Waals surface area (Å²) in [6.45, 7) is 3.21. The number of hydrogen-bond donors (Lipinski definition) is 2. The molecule has 1 saturated heterocycles. The quantitative estimate of drug-likeness (QED) is 0.381. The second-order valence-electron chi connectivity index (χ2n) is 7.55. The number of phenols is 1. The van der Waals surface area contributed by atoms with Gasteiger partial charge in [-0.1, -0.05) is 6.07 Å². The minimum atomic E-state index is -0.796. The molecule has 0 spiro atoms. The Hall–Kier alpha value is -3.39. The van der Waals surface area contributed by atoms with E-state index in [0.29, 0.717) is 30.7 Å². The summed E-state index contributed by atoms with van der Waals surface area (Å²) in [4.78, 5) is 33.3. The number of carbonyl (C=O) groups excluding carboxylic acids is 2. The molecule has 1 atom stereocenters. The summed E-state index contributed by atoms with van der Waals surface area (Å²) >= 11 is 0. The number of aromatic hydroxyl groups is 1. The zero-order valence-electron chi connectivity index (χ0n) is 17.9. The number of amides is 1. The summed E-state index contributed by atoms with van der Waals surface area (Å²) in [6.07, 6.45) is 3.66. The Kier molecular flexibility index (Phi) is 6.91. The van der Waals surface area contributed by atoms with Crippen LogP contribution >= 0.6 is 0 Å². The molecule has 1 aromatic carbocycles. The number of ketones is 1. The topological polar surface area (TPSA) is 103 Å². The smallest absolute Gasteiger partial charge is 0.295 e. The molecule has 0 bridgehead atoms. The molecular weight excluding hydrogens is 398 g/mol. The Labute approximate surface area is 181 Å². The van der Waals surface area contributed by atoms with Crippen molar-refractivity contribution < 1.29 is 24.5 Å². The third-order valence-electron chi connectivity index (χ3n) is 5.10. The first kappa shape index (κ1) is 22.3. The van der Waals surface area contributed by atoms with Gasteiger partial charge in [0.15, 0.2) is 11.5 Å². The Bertz CT molecular complexity index is 988. The second kappa shape index (κ2) is 9.61. The van der Waals surface area contributed by atoms with E-state index < -0.39 is 17.7 Å². The second-order valence-corrected chi connectivity index (χ2v) is 7.55. The van der Waals surface area contributed by atoms with Crippen molar-refractivity contribution in [1.29, 1.82) is 0 Å². The number of phenolic OH excluding ortho intramolecular Hbond substituents is 1. The van der Waals surface area contributed by atoms with Gasteiger partial charge in [-0.25, -0.2) is 0 Å². The Morgan fingerprint density at radius 2 is 1.90 bits per heavy atom. The van der Waals surface area contributed by atoms with Gasteiger partial charge in [-0.2, -0.15) is 0 Å². The van der Waals surface area contributed by atoms with Crippen LogP contribution in [0.25, 0.3) is 5.76 Å². The number of nitrogens with zero attached hydrogens (tertiary/aromatic N) is 3. The molecule has 1 amide bonds. The number of aliphatic hydroxyl groups is 1. The summed E-state index contributed by atoms with van der Waals surface area (Å²) < 4.78 is 5.49. The monoisotopic (exact) mass is 425 g/mol. The van der Waals surface area contributed by atoms with Gasteiger partial charge >= 0.3 is 0 Å². The normalized spacial score (nSPS) is 18.1. The summed E-state index contributed by atoms with van der Waals surface area (Å²) in [5.41, 5.74) is 0.977. The molecule has 8 nitrogen and oxygen atoms in total. The zero-order chi connectivity index (χ0) is 22.5. The van der Waals surface area contributed by atoms with E-state index in [1.165, 1.54) is 23.4 Å². The van der Waals surface area contributed by atoms with E-state index in [4.69, 9.17) is 4.74 Å². The number of hydrogen-bond acceptors (Lipinski definition) is 7. The van der Waals surface area contributed by atoms with Crippen LogP contribution in [0, 0.1) is 0 Å². The largest absolute Gasteiger partial charge is 0.507 e. The van der Waals surface area contributed by atoms with Gasteiger partial charge < -0.3 is 24.7 Å². The molecule has 1 aliphatic rings. The summed E-state index contributed by atoms with van der Waals surface area (Å²) in [6, 6.07) is 7.06. The lowest BCUT2D eigenvalue weighted by Gasteiger charge is -2.26. The van der Waals surface area contributed by atoms with Gasteiger partial charge in [-0.3, -0.25) is 14.6 Å². The van der Waals surface area contributed by atoms with Crippen molar-refractivity contribution in [3.63, 3.8) is 0 Å². The van der Waals surface area contributed by atoms with Crippen molar-refractivity contribution in [1.82, 2.24) is 14.8 Å². The average molecular weight is 425 g/mol. The van der Waals surface area contributed by atoms with Gasteiger partial charge in [0.1, 0.15) is 5.76 Å². The van der Waals surface area contributed by atoms with Crippen LogP contribution in [0.4, 0.5) is 0 Å². The summed E-state index contributed by atoms with van der Waals surface area (Å²) in [5.74, 6) is -1.44. The highest BCUT2D eigenvalue weighted by Crippen LogP contribution is 2.41. The van der Waals surface area contributed by atoms with Crippen LogP contribution in [0.3, 0.4) is 0 Å². The molecule has 2 aromatic rings. The van der Waals surface area contributed by atoms with E-state index >= 15 is 0 Å². The minimum Gasteiger partial charge on any atom is -0.507 e. The van der Waals surface area contributed by atoms with Crippen LogP contribution in [0.1, 0.15) is 30.5 Å². The number of aromatic nitrogens is 1. The van der Waals surface area contributed by atoms with Crippen molar-refractivity contribution in [2.75, 3.05) is 33.8 Å². The number of likely N-dealkylation sites (tertiary alicyclic amines) is 1. The molecule has 1 fully saturated rings. The maximum atomic E-state index is 13.0. The Morgan fingerprint density at radius 1 is 1.19 bits per heavy atom. The first-order valence-electron chi connectivity index (χ1n) is 10.1. The third-order valence-corrected chi connectivity index (χ3v) is 5.10. The maximum absolute atomic E-state index is 13.0. The van der Waals surface area contributed by atoms with Crippen molar-refractivity contribution >= 4 is 17.4 Å². The fourth-order valence-electron chi connectivity index (χ4n) is 3.65. The van der Waals surface area contributed by atoms with Crippen molar-refractivity contribution in [3.05, 3.63) is 59.4 Å². The van der Waals surface area contributed by atoms with Crippen LogP contribution in [0.15, 0.2) is 48.3 Å². The summed E-state index contributed by atoms with van der Waals surface area (Å²) in [5, 5.41) is 21.1. The fourth-order valence-corrected chi connectivity index (χ4v) is 3.65. The highest BCUT2D eigenvalue weighted by molar-refractivity contribution is 6.46. The maximum Gasteiger partial charge on any atom is 0.295 e. The first-order valence-corrected chi connectivity index (χ1v) is 10.1. The Morgan fingerprint density at radius 3 is 2.55 bits per heavy atom. The third kappa shape index (κ3) is 4.69. The van der Waals surface area contributed by atoms with Gasteiger partial charge in [-0.05, 0) is 63.8 Å². The molecule has 2 N–H and O–H groups in total. The van der Waals surface area contributed by atoms with Crippen molar-refractivity contribution in [2.45, 2.75) is 19.4 Å². The SMILES string of the molecule is CCOc1cc(C2/C(=C(\O)c3ccncc3)C(=O)C(=O)N2CCCN(C)C)ccc1O. The highest BCUT2D eigenvalue weighted by Gasteiger charge is 2.46. The lowest BCUT2D eigenvalue weighted by Crippen LogP contribution is -2.32. The number of ether oxygens (including phenoxy) is 1. The lowest BCUT2D eigenvalue weighted by atomic mass is 9.95. The molecule has 0 aliphatic carbocycles. The number of pyridine rings is 1. The van der Waals surface area contributed by atoms with Gasteiger partial charge in [0, 0.05) is 24.5 Å². The lowest BCUT2D eigenvalue weighted by molar-refractivity contribution is -0.139. The van der Waals surface area contributed by atoms with Gasteiger partial charge in [0.25, 0.3) is 11.7 Å². The van der Waals surface area contributed by atoms with Crippen LogP contribution in [0.2, 0.25) is 0 Å². The number of benzene rings is 1. The highest BCUT2D eigenvalue weighted by atomic mass is 16.5. The molecule has 1 aromatic heterocycles. The molecule has 1 aliphatic heterocycles. The van der Waals surface area contributed by atoms with E-state index in [9.17, 15) is 19.8 Å². The van der Waals surface area contributed by atoms with E-state index in [2.05, 4.69) is 4.98 Å². The van der Waals surface area contributed by atoms with E-state index in [0.717, 1.165) is 6.54 Å². The van der Waals surface area contributed by atoms with Crippen molar-refractivity contribution in [2.24, 2.45) is 0 Å². The van der Waals surface area contributed by atoms with E-state index in [-0.39, 0.29) is 22.8 Å². The van der Waals surface area contributed by atoms with Crippen LogP contribution in [0.5, 0.6) is 11.5 Å². The molecule has 8 heteroatoms. The van der Waals surface area contributed by atoms with Crippen LogP contribution < -0.4 is 4.74 Å². The zero-order valence-corrected chi connectivity index (χ0v) is 17.9. The molecule has 0 radical (unpaired) electrons. The van der Waals surface area contributed by atoms with Crippen LogP contribution in [-0.2, 0) is 9.59 Å². The van der Waals surface area contributed by atoms with Gasteiger partial charge in [0.05, 0.1) is 18.2 Å². The van der Waals surface area contributed by atoms with E-state index in [1.54, 1.807) is 31.2 Å². The standard InChI is InChI=1S/C23H27N3O5/c1-4-31-18-14-16(6-7-17(18)27)20-19(21(28)15-8-10-24-11-9-15)22(29)23(30)26(20)13-5-12-25(2)3/h6-11,14,20,27-28H,4-5,12-13H2,1-3H3/b21-19+. The Balaban J connectivity index is 2.12. The predicted octanol–water partition coefficient (Wildman–Crippen LogP) is 2.56. The van der Waals surface area contributed by atoms with Crippen LogP contribution in [-0.4, -0.2) is 70.5 Å². The number of rotatable bonds is 8. The molecular formula is C23H27N3O5. The fraction of sp³-hybridized carbons (Fsp3) is 0.348. The number of Topliss-reactive ketones (excluding diaryl/α,β-unsaturated/α-hetero) is 1. The molecule has 2 heterocycles. The number of aliphatic hydroxyl groups excluding tert-OH is 1. The average Bonchev–Trinajstić information content (AvgIpc) is 3.00. The molecule has 3 rings (SSSR count). The van der Waals surface area contributed by atoms with E-state index in [1.807, 2.05) is 19.0 Å². The summed E-state index contributed by atoms with van der Waals surface area (Å²) in [7, 11) is 3.87.